The van der Waals surface area contributed by atoms with Crippen molar-refractivity contribution in [2.75, 3.05) is 13.2 Å². The molecule has 0 radical (unpaired) electrons. The fourth-order valence-corrected chi connectivity index (χ4v) is 4.63. The standard InChI is InChI=1S/C21H24N2O3S/c1-14-4-6-15(7-5-14)11-19(24)23-13-17(20-18(23)8-9-26-20)21(25)22-12-16-3-2-10-27-16/h2-7,10,17-18,20H,8-9,11-13H2,1H3,(H,22,25)/t17-,18-,20-/m0/s1. The Morgan fingerprint density at radius 3 is 2.81 bits per heavy atom. The lowest BCUT2D eigenvalue weighted by Gasteiger charge is -2.22. The summed E-state index contributed by atoms with van der Waals surface area (Å²) in [5.74, 6) is -0.238. The molecule has 2 aliphatic heterocycles. The van der Waals surface area contributed by atoms with E-state index in [4.69, 9.17) is 4.74 Å². The minimum Gasteiger partial charge on any atom is -0.375 e. The van der Waals surface area contributed by atoms with Crippen LogP contribution in [0.15, 0.2) is 41.8 Å². The molecule has 2 amide bonds. The Balaban J connectivity index is 1.41. The quantitative estimate of drug-likeness (QED) is 0.862. The van der Waals surface area contributed by atoms with Gasteiger partial charge in [-0.25, -0.2) is 0 Å². The van der Waals surface area contributed by atoms with Gasteiger partial charge in [0.15, 0.2) is 0 Å². The van der Waals surface area contributed by atoms with Crippen molar-refractivity contribution in [3.8, 4) is 0 Å². The number of thiophene rings is 1. The predicted molar refractivity (Wildman–Crippen MR) is 104 cm³/mol. The molecular formula is C21H24N2O3S. The fourth-order valence-electron chi connectivity index (χ4n) is 3.99. The number of hydrogen-bond donors (Lipinski definition) is 1. The van der Waals surface area contributed by atoms with Gasteiger partial charge in [0.1, 0.15) is 0 Å². The van der Waals surface area contributed by atoms with Crippen molar-refractivity contribution in [1.82, 2.24) is 10.2 Å². The van der Waals surface area contributed by atoms with E-state index >= 15 is 0 Å². The average Bonchev–Trinajstić information content (AvgIpc) is 3.39. The van der Waals surface area contributed by atoms with E-state index in [0.717, 1.165) is 16.9 Å². The van der Waals surface area contributed by atoms with Gasteiger partial charge in [0.05, 0.1) is 31.0 Å². The summed E-state index contributed by atoms with van der Waals surface area (Å²) < 4.78 is 5.84. The zero-order valence-electron chi connectivity index (χ0n) is 15.4. The number of carbonyl (C=O) groups is 2. The number of ether oxygens (including phenoxy) is 1. The lowest BCUT2D eigenvalue weighted by molar-refractivity contribution is -0.131. The molecular weight excluding hydrogens is 360 g/mol. The van der Waals surface area contributed by atoms with Crippen molar-refractivity contribution < 1.29 is 14.3 Å². The van der Waals surface area contributed by atoms with Crippen LogP contribution in [0, 0.1) is 12.8 Å². The number of hydrogen-bond acceptors (Lipinski definition) is 4. The summed E-state index contributed by atoms with van der Waals surface area (Å²) in [7, 11) is 0. The van der Waals surface area contributed by atoms with Gasteiger partial charge < -0.3 is 15.0 Å². The molecule has 0 aliphatic carbocycles. The third kappa shape index (κ3) is 3.92. The summed E-state index contributed by atoms with van der Waals surface area (Å²) in [5, 5.41) is 5.01. The van der Waals surface area contributed by atoms with Gasteiger partial charge in [-0.1, -0.05) is 35.9 Å². The molecule has 0 spiro atoms. The number of carbonyl (C=O) groups excluding carboxylic acids is 2. The van der Waals surface area contributed by atoms with Gasteiger partial charge in [-0.05, 0) is 30.4 Å². The van der Waals surface area contributed by atoms with Gasteiger partial charge in [-0.15, -0.1) is 11.3 Å². The predicted octanol–water partition coefficient (Wildman–Crippen LogP) is 2.53. The molecule has 5 nitrogen and oxygen atoms in total. The molecule has 3 atom stereocenters. The molecule has 4 rings (SSSR count). The lowest BCUT2D eigenvalue weighted by atomic mass is 10.0. The van der Waals surface area contributed by atoms with Gasteiger partial charge in [0, 0.05) is 18.0 Å². The third-order valence-corrected chi connectivity index (χ3v) is 6.32. The Kier molecular flexibility index (Phi) is 5.27. The van der Waals surface area contributed by atoms with Crippen LogP contribution in [0.3, 0.4) is 0 Å². The third-order valence-electron chi connectivity index (χ3n) is 5.44. The largest absolute Gasteiger partial charge is 0.375 e. The monoisotopic (exact) mass is 384 g/mol. The Hall–Kier alpha value is -2.18. The van der Waals surface area contributed by atoms with Crippen molar-refractivity contribution in [2.45, 2.75) is 38.5 Å². The minimum absolute atomic E-state index is 0.0143. The van der Waals surface area contributed by atoms with Gasteiger partial charge in [-0.3, -0.25) is 9.59 Å². The van der Waals surface area contributed by atoms with Crippen molar-refractivity contribution >= 4 is 23.2 Å². The molecule has 2 aliphatic rings. The first-order chi connectivity index (χ1) is 13.1. The number of nitrogens with zero attached hydrogens (tertiary/aromatic N) is 1. The highest BCUT2D eigenvalue weighted by molar-refractivity contribution is 7.09. The van der Waals surface area contributed by atoms with Crippen LogP contribution in [0.25, 0.3) is 0 Å². The Morgan fingerprint density at radius 2 is 2.07 bits per heavy atom. The second kappa shape index (κ2) is 7.82. The molecule has 0 unspecified atom stereocenters. The van der Waals surface area contributed by atoms with Crippen LogP contribution < -0.4 is 5.32 Å². The number of benzene rings is 1. The maximum absolute atomic E-state index is 12.9. The Morgan fingerprint density at radius 1 is 1.26 bits per heavy atom. The Labute approximate surface area is 163 Å². The number of amides is 2. The summed E-state index contributed by atoms with van der Waals surface area (Å²) in [6, 6.07) is 12.0. The smallest absolute Gasteiger partial charge is 0.227 e. The molecule has 3 heterocycles. The Bertz CT molecular complexity index is 803. The number of aryl methyl sites for hydroxylation is 1. The first-order valence-corrected chi connectivity index (χ1v) is 10.3. The van der Waals surface area contributed by atoms with Crippen molar-refractivity contribution in [2.24, 2.45) is 5.92 Å². The van der Waals surface area contributed by atoms with Crippen LogP contribution in [-0.4, -0.2) is 42.0 Å². The summed E-state index contributed by atoms with van der Waals surface area (Å²) in [5.41, 5.74) is 2.19. The molecule has 6 heteroatoms. The molecule has 2 aromatic rings. The second-order valence-electron chi connectivity index (χ2n) is 7.30. The maximum atomic E-state index is 12.9. The van der Waals surface area contributed by atoms with Crippen molar-refractivity contribution in [1.29, 1.82) is 0 Å². The summed E-state index contributed by atoms with van der Waals surface area (Å²) in [6.45, 7) is 3.61. The summed E-state index contributed by atoms with van der Waals surface area (Å²) in [4.78, 5) is 28.6. The first kappa shape index (κ1) is 18.2. The van der Waals surface area contributed by atoms with E-state index in [1.165, 1.54) is 5.56 Å². The lowest BCUT2D eigenvalue weighted by Crippen LogP contribution is -2.38. The van der Waals surface area contributed by atoms with Crippen LogP contribution in [0.2, 0.25) is 0 Å². The molecule has 2 saturated heterocycles. The number of fused-ring (bicyclic) bond motifs is 1. The van der Waals surface area contributed by atoms with Gasteiger partial charge >= 0.3 is 0 Å². The van der Waals surface area contributed by atoms with E-state index < -0.39 is 0 Å². The van der Waals surface area contributed by atoms with Gasteiger partial charge in [-0.2, -0.15) is 0 Å². The number of likely N-dealkylation sites (tertiary alicyclic amines) is 1. The molecule has 1 N–H and O–H groups in total. The molecule has 0 bridgehead atoms. The maximum Gasteiger partial charge on any atom is 0.227 e. The highest BCUT2D eigenvalue weighted by Crippen LogP contribution is 2.34. The van der Waals surface area contributed by atoms with Crippen LogP contribution in [0.4, 0.5) is 0 Å². The molecule has 0 saturated carbocycles. The second-order valence-corrected chi connectivity index (χ2v) is 8.34. The molecule has 27 heavy (non-hydrogen) atoms. The highest BCUT2D eigenvalue weighted by Gasteiger charge is 2.50. The fraction of sp³-hybridized carbons (Fsp3) is 0.429. The van der Waals surface area contributed by atoms with E-state index in [1.807, 2.05) is 53.6 Å². The zero-order valence-corrected chi connectivity index (χ0v) is 16.2. The minimum atomic E-state index is -0.292. The van der Waals surface area contributed by atoms with Crippen LogP contribution >= 0.6 is 11.3 Å². The molecule has 1 aromatic carbocycles. The normalized spacial score (nSPS) is 24.0. The first-order valence-electron chi connectivity index (χ1n) is 9.38. The van der Waals surface area contributed by atoms with Crippen LogP contribution in [0.1, 0.15) is 22.4 Å². The van der Waals surface area contributed by atoms with E-state index in [2.05, 4.69) is 5.32 Å². The van der Waals surface area contributed by atoms with E-state index in [0.29, 0.717) is 26.1 Å². The van der Waals surface area contributed by atoms with Gasteiger partial charge in [0.2, 0.25) is 11.8 Å². The van der Waals surface area contributed by atoms with Crippen LogP contribution in [0.5, 0.6) is 0 Å². The van der Waals surface area contributed by atoms with E-state index in [9.17, 15) is 9.59 Å². The summed E-state index contributed by atoms with van der Waals surface area (Å²) in [6.07, 6.45) is 0.988. The zero-order chi connectivity index (χ0) is 18.8. The average molecular weight is 385 g/mol. The summed E-state index contributed by atoms with van der Waals surface area (Å²) >= 11 is 1.62. The molecule has 1 aromatic heterocycles. The van der Waals surface area contributed by atoms with Gasteiger partial charge in [0.25, 0.3) is 0 Å². The topological polar surface area (TPSA) is 58.6 Å². The number of nitrogens with one attached hydrogen (secondary N) is 1. The highest BCUT2D eigenvalue weighted by atomic mass is 32.1. The van der Waals surface area contributed by atoms with E-state index in [-0.39, 0.29) is 29.9 Å². The molecule has 2 fully saturated rings. The van der Waals surface area contributed by atoms with Crippen molar-refractivity contribution in [3.05, 3.63) is 57.8 Å². The molecule has 142 valence electrons. The van der Waals surface area contributed by atoms with Crippen molar-refractivity contribution in [3.63, 3.8) is 0 Å². The SMILES string of the molecule is Cc1ccc(CC(=O)N2C[C@H](C(=O)NCc3cccs3)[C@@H]3OCC[C@@H]32)cc1. The van der Waals surface area contributed by atoms with E-state index in [1.54, 1.807) is 11.3 Å². The van der Waals surface area contributed by atoms with Crippen LogP contribution in [-0.2, 0) is 27.3 Å². The number of rotatable bonds is 5.